The van der Waals surface area contributed by atoms with Crippen LogP contribution < -0.4 is 5.32 Å². The van der Waals surface area contributed by atoms with Crippen molar-refractivity contribution in [3.63, 3.8) is 0 Å². The van der Waals surface area contributed by atoms with Crippen molar-refractivity contribution < 1.29 is 0 Å². The van der Waals surface area contributed by atoms with E-state index in [-0.39, 0.29) is 0 Å². The van der Waals surface area contributed by atoms with Crippen molar-refractivity contribution in [3.05, 3.63) is 35.4 Å². The molecule has 1 nitrogen and oxygen atoms in total. The normalized spacial score (nSPS) is 18.9. The Balaban J connectivity index is 2.23. The van der Waals surface area contributed by atoms with Crippen molar-refractivity contribution in [2.24, 2.45) is 5.92 Å². The van der Waals surface area contributed by atoms with Crippen LogP contribution in [0.5, 0.6) is 0 Å². The van der Waals surface area contributed by atoms with Gasteiger partial charge < -0.3 is 5.32 Å². The fourth-order valence-electron chi connectivity index (χ4n) is 3.04. The predicted molar refractivity (Wildman–Crippen MR) is 83.5 cm³/mol. The maximum atomic E-state index is 3.78. The molecule has 0 amide bonds. The summed E-state index contributed by atoms with van der Waals surface area (Å²) in [5.41, 5.74) is 3.18. The van der Waals surface area contributed by atoms with E-state index in [0.29, 0.717) is 12.0 Å². The third kappa shape index (κ3) is 3.39. The van der Waals surface area contributed by atoms with Gasteiger partial charge >= 0.3 is 0 Å². The molecule has 106 valence electrons. The molecule has 0 aliphatic heterocycles. The van der Waals surface area contributed by atoms with Crippen molar-refractivity contribution in [1.29, 1.82) is 0 Å². The van der Waals surface area contributed by atoms with Gasteiger partial charge in [-0.25, -0.2) is 0 Å². The number of nitrogens with one attached hydrogen (secondary N) is 1. The van der Waals surface area contributed by atoms with Crippen LogP contribution in [0, 0.1) is 5.92 Å². The second-order valence-corrected chi connectivity index (χ2v) is 6.07. The highest BCUT2D eigenvalue weighted by atomic mass is 14.9. The van der Waals surface area contributed by atoms with E-state index in [1.165, 1.54) is 32.1 Å². The van der Waals surface area contributed by atoms with Gasteiger partial charge in [0.1, 0.15) is 0 Å². The van der Waals surface area contributed by atoms with Crippen LogP contribution in [0.3, 0.4) is 0 Å². The molecule has 1 aliphatic carbocycles. The standard InChI is InChI=1S/C18H29N/c1-4-13-19-18(14(3)5-2)17-12-7-6-11-16(17)15-9-8-10-15/h6-7,11-12,14-15,18-19H,4-5,8-10,13H2,1-3H3. The quantitative estimate of drug-likeness (QED) is 0.723. The SMILES string of the molecule is CCCNC(c1ccccc1C1CCC1)C(C)CC. The highest BCUT2D eigenvalue weighted by Gasteiger charge is 2.26. The molecule has 1 aromatic rings. The molecule has 0 aromatic heterocycles. The minimum absolute atomic E-state index is 0.529. The number of hydrogen-bond donors (Lipinski definition) is 1. The summed E-state index contributed by atoms with van der Waals surface area (Å²) in [6.45, 7) is 8.05. The molecule has 1 fully saturated rings. The Kier molecular flexibility index (Phi) is 5.45. The van der Waals surface area contributed by atoms with E-state index in [2.05, 4.69) is 50.4 Å². The van der Waals surface area contributed by atoms with E-state index in [9.17, 15) is 0 Å². The van der Waals surface area contributed by atoms with Gasteiger partial charge in [-0.1, -0.05) is 57.9 Å². The Bertz CT molecular complexity index is 381. The van der Waals surface area contributed by atoms with Crippen molar-refractivity contribution >= 4 is 0 Å². The largest absolute Gasteiger partial charge is 0.310 e. The smallest absolute Gasteiger partial charge is 0.0348 e. The number of hydrogen-bond acceptors (Lipinski definition) is 1. The second-order valence-electron chi connectivity index (χ2n) is 6.07. The zero-order valence-electron chi connectivity index (χ0n) is 12.8. The van der Waals surface area contributed by atoms with E-state index < -0.39 is 0 Å². The zero-order chi connectivity index (χ0) is 13.7. The van der Waals surface area contributed by atoms with E-state index in [1.807, 2.05) is 0 Å². The fourth-order valence-corrected chi connectivity index (χ4v) is 3.04. The third-order valence-corrected chi connectivity index (χ3v) is 4.70. The molecule has 1 saturated carbocycles. The van der Waals surface area contributed by atoms with E-state index in [1.54, 1.807) is 11.1 Å². The Morgan fingerprint density at radius 1 is 1.21 bits per heavy atom. The Hall–Kier alpha value is -0.820. The second kappa shape index (κ2) is 7.09. The zero-order valence-corrected chi connectivity index (χ0v) is 12.8. The van der Waals surface area contributed by atoms with Crippen LogP contribution in [0.4, 0.5) is 0 Å². The summed E-state index contributed by atoms with van der Waals surface area (Å²) in [4.78, 5) is 0. The highest BCUT2D eigenvalue weighted by Crippen LogP contribution is 2.40. The van der Waals surface area contributed by atoms with Gasteiger partial charge in [0.2, 0.25) is 0 Å². The first kappa shape index (κ1) is 14.6. The molecular weight excluding hydrogens is 230 g/mol. The molecule has 19 heavy (non-hydrogen) atoms. The molecule has 1 heteroatoms. The Morgan fingerprint density at radius 2 is 1.95 bits per heavy atom. The lowest BCUT2D eigenvalue weighted by Gasteiger charge is -2.33. The average molecular weight is 259 g/mol. The van der Waals surface area contributed by atoms with Crippen LogP contribution in [-0.2, 0) is 0 Å². The molecule has 0 saturated heterocycles. The van der Waals surface area contributed by atoms with Gasteiger partial charge in [-0.2, -0.15) is 0 Å². The molecule has 0 spiro atoms. The van der Waals surface area contributed by atoms with Crippen molar-refractivity contribution in [1.82, 2.24) is 5.32 Å². The van der Waals surface area contributed by atoms with Gasteiger partial charge in [0, 0.05) is 6.04 Å². The summed E-state index contributed by atoms with van der Waals surface area (Å²) in [6, 6.07) is 9.67. The minimum Gasteiger partial charge on any atom is -0.310 e. The van der Waals surface area contributed by atoms with Gasteiger partial charge in [0.25, 0.3) is 0 Å². The highest BCUT2D eigenvalue weighted by molar-refractivity contribution is 5.34. The number of benzene rings is 1. The molecule has 1 N–H and O–H groups in total. The summed E-state index contributed by atoms with van der Waals surface area (Å²) >= 11 is 0. The van der Waals surface area contributed by atoms with E-state index in [4.69, 9.17) is 0 Å². The van der Waals surface area contributed by atoms with Crippen molar-refractivity contribution in [2.75, 3.05) is 6.54 Å². The van der Waals surface area contributed by atoms with E-state index >= 15 is 0 Å². The number of rotatable bonds is 7. The van der Waals surface area contributed by atoms with Crippen LogP contribution in [-0.4, -0.2) is 6.54 Å². The van der Waals surface area contributed by atoms with Gasteiger partial charge in [0.15, 0.2) is 0 Å². The van der Waals surface area contributed by atoms with Crippen molar-refractivity contribution in [2.45, 2.75) is 64.8 Å². The Morgan fingerprint density at radius 3 is 2.53 bits per heavy atom. The van der Waals surface area contributed by atoms with Crippen LogP contribution in [0.1, 0.15) is 76.0 Å². The average Bonchev–Trinajstić information content (AvgIpc) is 2.38. The monoisotopic (exact) mass is 259 g/mol. The summed E-state index contributed by atoms with van der Waals surface area (Å²) in [7, 11) is 0. The molecule has 0 heterocycles. The maximum absolute atomic E-state index is 3.78. The molecule has 0 bridgehead atoms. The fraction of sp³-hybridized carbons (Fsp3) is 0.667. The van der Waals surface area contributed by atoms with Gasteiger partial charge in [-0.05, 0) is 48.8 Å². The summed E-state index contributed by atoms with van der Waals surface area (Å²) in [5.74, 6) is 1.53. The van der Waals surface area contributed by atoms with Gasteiger partial charge in [0.05, 0.1) is 0 Å². The summed E-state index contributed by atoms with van der Waals surface area (Å²) < 4.78 is 0. The molecule has 1 aromatic carbocycles. The van der Waals surface area contributed by atoms with E-state index in [0.717, 1.165) is 12.5 Å². The summed E-state index contributed by atoms with van der Waals surface area (Å²) in [6.07, 6.45) is 6.63. The van der Waals surface area contributed by atoms with Crippen molar-refractivity contribution in [3.8, 4) is 0 Å². The first-order chi connectivity index (χ1) is 9.27. The molecular formula is C18H29N. The van der Waals surface area contributed by atoms with Gasteiger partial charge in [-0.3, -0.25) is 0 Å². The topological polar surface area (TPSA) is 12.0 Å². The molecule has 1 aliphatic rings. The predicted octanol–water partition coefficient (Wildman–Crippen LogP) is 5.04. The van der Waals surface area contributed by atoms with Gasteiger partial charge in [-0.15, -0.1) is 0 Å². The Labute approximate surface area is 118 Å². The minimum atomic E-state index is 0.529. The third-order valence-electron chi connectivity index (χ3n) is 4.70. The molecule has 2 unspecified atom stereocenters. The molecule has 2 rings (SSSR count). The molecule has 0 radical (unpaired) electrons. The van der Waals surface area contributed by atoms with Crippen LogP contribution >= 0.6 is 0 Å². The lowest BCUT2D eigenvalue weighted by Crippen LogP contribution is -2.29. The lowest BCUT2D eigenvalue weighted by atomic mass is 9.75. The lowest BCUT2D eigenvalue weighted by molar-refractivity contribution is 0.362. The summed E-state index contributed by atoms with van der Waals surface area (Å²) in [5, 5.41) is 3.78. The maximum Gasteiger partial charge on any atom is 0.0348 e. The molecule has 2 atom stereocenters. The first-order valence-corrected chi connectivity index (χ1v) is 8.10. The van der Waals surface area contributed by atoms with Crippen LogP contribution in [0.25, 0.3) is 0 Å². The first-order valence-electron chi connectivity index (χ1n) is 8.10. The van der Waals surface area contributed by atoms with Crippen LogP contribution in [0.2, 0.25) is 0 Å². The van der Waals surface area contributed by atoms with Crippen LogP contribution in [0.15, 0.2) is 24.3 Å².